The molecule has 1 aliphatic heterocycles. The molecule has 3 aromatic rings. The van der Waals surface area contributed by atoms with Gasteiger partial charge in [0.15, 0.2) is 19.5 Å². The smallest absolute Gasteiger partial charge is 0.471 e. The van der Waals surface area contributed by atoms with Crippen molar-refractivity contribution in [3.8, 4) is 11.5 Å². The maximum atomic E-state index is 11.2. The van der Waals surface area contributed by atoms with Crippen molar-refractivity contribution in [2.24, 2.45) is 5.92 Å². The molecule has 35 heteroatoms. The monoisotopic (exact) mass is 1120 g/mol. The lowest BCUT2D eigenvalue weighted by molar-refractivity contribution is -0.153. The Morgan fingerprint density at radius 2 is 0.986 bits per heavy atom. The van der Waals surface area contributed by atoms with Crippen LogP contribution in [0.15, 0.2) is 66.7 Å². The van der Waals surface area contributed by atoms with Gasteiger partial charge in [0, 0.05) is 49.6 Å². The average molecular weight is 1120 g/mol. The number of phosphoric acid groups is 2. The number of carbonyl (C=O) groups is 7. The van der Waals surface area contributed by atoms with Gasteiger partial charge in [0.1, 0.15) is 11.5 Å². The number of rotatable bonds is 15. The van der Waals surface area contributed by atoms with E-state index in [2.05, 4.69) is 27.6 Å². The Morgan fingerprint density at radius 3 is 1.29 bits per heavy atom. The zero-order chi connectivity index (χ0) is 57.2. The van der Waals surface area contributed by atoms with E-state index in [4.69, 9.17) is 68.7 Å². The molecule has 72 heavy (non-hydrogen) atoms. The zero-order valence-electron chi connectivity index (χ0n) is 39.1. The van der Waals surface area contributed by atoms with E-state index in [-0.39, 0.29) is 41.6 Å². The molecule has 0 saturated heterocycles. The van der Waals surface area contributed by atoms with Crippen LogP contribution >= 0.6 is 23.2 Å². The maximum Gasteiger partial charge on any atom is 0.471 e. The number of phosphoric ester groups is 2. The van der Waals surface area contributed by atoms with Crippen LogP contribution in [0.5, 0.6) is 11.5 Å². The maximum absolute atomic E-state index is 11.2. The van der Waals surface area contributed by atoms with E-state index in [1.165, 1.54) is 45.6 Å². The van der Waals surface area contributed by atoms with Crippen molar-refractivity contribution in [2.45, 2.75) is 13.8 Å². The Morgan fingerprint density at radius 1 is 0.611 bits per heavy atom. The summed E-state index contributed by atoms with van der Waals surface area (Å²) in [4.78, 5) is 105. The summed E-state index contributed by atoms with van der Waals surface area (Å²) < 4.78 is 96.4. The standard InChI is InChI=1S/C10H10O6.C10H8O5.C7H9O3P.C4H6O4.C2H7O4P.C2H4O2.CH5O4P.CH4O3S/c1-15-5-16-6-2-3-7(9(11)12)8(4-6)10(13)14;1-13-5-14-6-2-3-7-8(4-6)10(12)15-9(7)11;1-10-11(8,9)7-5-3-2-4-6-7;1-2(3(5)6)4(7)8;1-5-7(3,4)6-2;1-2(3)4;1-5-6(2,3)4;1-5(2,3)4/h2-4H,5H2,1H3,(H,11,12)(H,13,14);2-4H,5H2,1H3;2-6H,1H3,(H,8,9);2H,1H3,(H,5,6)(H,7,8);1-2H3,(H,3,4);1H3,(H,3,4);1H3,(H2,2,3,4);1H3,(H,2,3,4). The van der Waals surface area contributed by atoms with E-state index >= 15 is 0 Å². The summed E-state index contributed by atoms with van der Waals surface area (Å²) in [5.74, 6) is -7.92. The highest BCUT2D eigenvalue weighted by molar-refractivity contribution is 7.85. The topological polar surface area (TPSA) is 490 Å². The number of hydrogen-bond acceptors (Lipinski definition) is 21. The third-order valence-corrected chi connectivity index (χ3v) is 9.37. The van der Waals surface area contributed by atoms with Crippen LogP contribution < -0.4 is 14.8 Å². The van der Waals surface area contributed by atoms with Crippen LogP contribution in [0.4, 0.5) is 0 Å². The molecule has 0 fully saturated rings. The number of hydrogen-bond donors (Lipinski definition) is 10. The third-order valence-electron chi connectivity index (χ3n) is 6.53. The normalized spacial score (nSPS) is 11.8. The summed E-state index contributed by atoms with van der Waals surface area (Å²) in [6, 6.07) is 16.5. The number of carbonyl (C=O) groups excluding carboxylic acids is 2. The van der Waals surface area contributed by atoms with Crippen molar-refractivity contribution in [3.05, 3.63) is 89.0 Å². The minimum Gasteiger partial charge on any atom is -0.481 e. The molecular weight excluding hydrogens is 1070 g/mol. The summed E-state index contributed by atoms with van der Waals surface area (Å²) in [5.41, 5.74) is -0.100. The lowest BCUT2D eigenvalue weighted by Crippen LogP contribution is -2.19. The summed E-state index contributed by atoms with van der Waals surface area (Å²) in [7, 11) is -7.72. The van der Waals surface area contributed by atoms with Crippen LogP contribution in [0.25, 0.3) is 0 Å². The fraction of sp³-hybridized carbons (Fsp3) is 0.324. The number of aromatic carboxylic acids is 2. The van der Waals surface area contributed by atoms with Crippen LogP contribution in [0.1, 0.15) is 55.3 Å². The lowest BCUT2D eigenvalue weighted by Gasteiger charge is -2.07. The SMILES string of the molecule is CC(=O)O.CC(C(=O)O)C(=O)O.COCOc1ccc(C(=O)O)c(C(=O)O)c1.COCOc1ccc2c(c1)C(=O)OC2=O.COP(=O)(O)O.COP(=O)(O)OC.COP(=O)(O)c1ccccc1.CS(=O)(=O)O. The van der Waals surface area contributed by atoms with Crippen LogP contribution in [-0.2, 0) is 70.5 Å². The van der Waals surface area contributed by atoms with Crippen molar-refractivity contribution in [3.63, 3.8) is 0 Å². The fourth-order valence-electron chi connectivity index (χ4n) is 3.29. The third kappa shape index (κ3) is 37.7. The number of esters is 2. The first-order valence-corrected chi connectivity index (χ1v) is 24.7. The van der Waals surface area contributed by atoms with Crippen LogP contribution in [0, 0.1) is 5.92 Å². The van der Waals surface area contributed by atoms with Crippen LogP contribution in [0.2, 0.25) is 0 Å². The molecule has 1 aliphatic rings. The van der Waals surface area contributed by atoms with E-state index in [9.17, 15) is 50.9 Å². The molecule has 0 spiro atoms. The lowest BCUT2D eigenvalue weighted by atomic mass is 10.1. The predicted molar refractivity (Wildman–Crippen MR) is 243 cm³/mol. The number of cyclic esters (lactones) is 2. The summed E-state index contributed by atoms with van der Waals surface area (Å²) in [6.07, 6.45) is 0.715. The van der Waals surface area contributed by atoms with Gasteiger partial charge in [-0.15, -0.1) is 0 Å². The molecule has 10 N–H and O–H groups in total. The molecule has 1 heterocycles. The Kier molecular flexibility index (Phi) is 37.1. The molecule has 408 valence electrons. The molecule has 31 nitrogen and oxygen atoms in total. The number of carboxylic acids is 5. The number of benzene rings is 3. The van der Waals surface area contributed by atoms with Crippen LogP contribution in [0.3, 0.4) is 0 Å². The Balaban J connectivity index is -0.000000384. The number of methoxy groups -OCH3 is 2. The van der Waals surface area contributed by atoms with Crippen molar-refractivity contribution >= 4 is 80.4 Å². The highest BCUT2D eigenvalue weighted by Gasteiger charge is 2.30. The van der Waals surface area contributed by atoms with E-state index in [0.717, 1.165) is 41.2 Å². The minimum atomic E-state index is -4.15. The predicted octanol–water partition coefficient (Wildman–Crippen LogP) is 2.68. The number of carboxylic acid groups (broad SMARTS) is 5. The second kappa shape index (κ2) is 36.8. The molecule has 0 bridgehead atoms. The van der Waals surface area contributed by atoms with Gasteiger partial charge >= 0.3 is 59.1 Å². The van der Waals surface area contributed by atoms with Gasteiger partial charge in [-0.1, -0.05) is 18.2 Å². The van der Waals surface area contributed by atoms with Gasteiger partial charge in [-0.3, -0.25) is 37.1 Å². The highest BCUT2D eigenvalue weighted by Crippen LogP contribution is 2.40. The fourth-order valence-corrected chi connectivity index (χ4v) is 4.20. The van der Waals surface area contributed by atoms with Crippen molar-refractivity contribution < 1.29 is 147 Å². The summed E-state index contributed by atoms with van der Waals surface area (Å²) in [6.45, 7) is 2.25. The molecule has 1 unspecified atom stereocenters. The zero-order valence-corrected chi connectivity index (χ0v) is 42.6. The summed E-state index contributed by atoms with van der Waals surface area (Å²) >= 11 is 0. The molecule has 0 saturated carbocycles. The Bertz CT molecular complexity index is 2420. The highest BCUT2D eigenvalue weighted by atomic mass is 32.2. The molecular formula is C37H53O31P3S. The van der Waals surface area contributed by atoms with E-state index in [1.807, 2.05) is 0 Å². The van der Waals surface area contributed by atoms with E-state index < -0.39 is 81.1 Å². The molecule has 3 aromatic carbocycles. The van der Waals surface area contributed by atoms with E-state index in [1.54, 1.807) is 36.4 Å². The van der Waals surface area contributed by atoms with Crippen molar-refractivity contribution in [1.82, 2.24) is 0 Å². The molecule has 0 radical (unpaired) electrons. The van der Waals surface area contributed by atoms with Gasteiger partial charge in [-0.2, -0.15) is 8.42 Å². The number of fused-ring (bicyclic) bond motifs is 1. The van der Waals surface area contributed by atoms with Gasteiger partial charge in [0.25, 0.3) is 16.1 Å². The molecule has 0 amide bonds. The van der Waals surface area contributed by atoms with Crippen LogP contribution in [-0.4, -0.2) is 162 Å². The number of aliphatic carboxylic acids is 3. The molecule has 0 aliphatic carbocycles. The van der Waals surface area contributed by atoms with Gasteiger partial charge < -0.3 is 73.3 Å². The first-order chi connectivity index (χ1) is 32.9. The summed E-state index contributed by atoms with van der Waals surface area (Å²) in [5, 5.41) is 41.2. The largest absolute Gasteiger partial charge is 0.481 e. The van der Waals surface area contributed by atoms with Gasteiger partial charge in [-0.25, -0.2) is 28.3 Å². The minimum absolute atomic E-state index is 0.0362. The Labute approximate surface area is 409 Å². The van der Waals surface area contributed by atoms with Crippen molar-refractivity contribution in [2.75, 3.05) is 62.5 Å². The van der Waals surface area contributed by atoms with Gasteiger partial charge in [-0.05, 0) is 55.5 Å². The first-order valence-electron chi connectivity index (χ1n) is 18.2. The van der Waals surface area contributed by atoms with Gasteiger partial charge in [0.05, 0.1) is 33.8 Å². The number of ether oxygens (including phenoxy) is 5. The first kappa shape index (κ1) is 72.5. The molecule has 4 rings (SSSR count). The van der Waals surface area contributed by atoms with Gasteiger partial charge in [0.2, 0.25) is 0 Å². The molecule has 1 atom stereocenters. The van der Waals surface area contributed by atoms with Crippen molar-refractivity contribution in [1.29, 1.82) is 0 Å². The second-order valence-corrected chi connectivity index (χ2v) is 18.4. The second-order valence-electron chi connectivity index (χ2n) is 12.0. The van der Waals surface area contributed by atoms with E-state index in [0.29, 0.717) is 17.3 Å². The average Bonchev–Trinajstić information content (AvgIpc) is 3.58. The molecule has 0 aromatic heterocycles. The Hall–Kier alpha value is -6.05. The quantitative estimate of drug-likeness (QED) is 0.0344.